The number of para-hydroxylation sites is 2. The van der Waals surface area contributed by atoms with Gasteiger partial charge in [0, 0.05) is 0 Å². The smallest absolute Gasteiger partial charge is 0.326 e. The van der Waals surface area contributed by atoms with Crippen LogP contribution < -0.4 is 16.0 Å². The first-order chi connectivity index (χ1) is 9.68. The Kier molecular flexibility index (Phi) is 4.34. The number of benzene rings is 2. The molecule has 0 saturated heterocycles. The molecule has 2 aromatic carbocycles. The van der Waals surface area contributed by atoms with Gasteiger partial charge in [0.2, 0.25) is 5.91 Å². The van der Waals surface area contributed by atoms with E-state index in [0.29, 0.717) is 11.4 Å². The molecule has 102 valence electrons. The summed E-state index contributed by atoms with van der Waals surface area (Å²) < 4.78 is 0. The number of nitrogens with two attached hydrogens (primary N) is 1. The molecule has 3 amide bonds. The third-order valence-electron chi connectivity index (χ3n) is 2.65. The molecule has 0 atom stereocenters. The van der Waals surface area contributed by atoms with Gasteiger partial charge in [-0.15, -0.1) is 0 Å². The summed E-state index contributed by atoms with van der Waals surface area (Å²) in [6.07, 6.45) is 0. The summed E-state index contributed by atoms with van der Waals surface area (Å²) in [5, 5.41) is 2.49. The van der Waals surface area contributed by atoms with E-state index in [-0.39, 0.29) is 6.54 Å². The van der Waals surface area contributed by atoms with Crippen molar-refractivity contribution in [3.63, 3.8) is 0 Å². The molecule has 0 bridgehead atoms. The van der Waals surface area contributed by atoms with Gasteiger partial charge in [0.25, 0.3) is 0 Å². The molecule has 0 radical (unpaired) electrons. The first-order valence-corrected chi connectivity index (χ1v) is 6.15. The van der Waals surface area contributed by atoms with Crippen LogP contribution in [0.4, 0.5) is 16.2 Å². The molecule has 3 N–H and O–H groups in total. The minimum absolute atomic E-state index is 0.199. The third-order valence-corrected chi connectivity index (χ3v) is 2.65. The fraction of sp³-hybridized carbons (Fsp3) is 0.0667. The van der Waals surface area contributed by atoms with Gasteiger partial charge in [-0.1, -0.05) is 36.4 Å². The number of urea groups is 1. The molecule has 5 heteroatoms. The highest BCUT2D eigenvalue weighted by molar-refractivity contribution is 6.00. The van der Waals surface area contributed by atoms with Crippen LogP contribution in [-0.4, -0.2) is 18.5 Å². The topological polar surface area (TPSA) is 75.4 Å². The number of carbonyl (C=O) groups excluding carboxylic acids is 2. The zero-order chi connectivity index (χ0) is 14.4. The first-order valence-electron chi connectivity index (χ1n) is 6.15. The van der Waals surface area contributed by atoms with Crippen molar-refractivity contribution in [2.24, 2.45) is 5.73 Å². The quantitative estimate of drug-likeness (QED) is 0.891. The zero-order valence-electron chi connectivity index (χ0n) is 10.8. The molecular formula is C15H15N3O2. The van der Waals surface area contributed by atoms with Gasteiger partial charge in [0.05, 0.1) is 17.9 Å². The lowest BCUT2D eigenvalue weighted by Gasteiger charge is -2.23. The lowest BCUT2D eigenvalue weighted by atomic mass is 10.2. The number of carbonyl (C=O) groups is 2. The second-order valence-electron chi connectivity index (χ2n) is 4.13. The lowest BCUT2D eigenvalue weighted by molar-refractivity contribution is -0.117. The largest absolute Gasteiger partial charge is 0.368 e. The molecule has 0 heterocycles. The lowest BCUT2D eigenvalue weighted by Crippen LogP contribution is -2.41. The predicted octanol–water partition coefficient (Wildman–Crippen LogP) is 2.02. The number of nitrogens with one attached hydrogen (secondary N) is 1. The number of anilines is 2. The minimum atomic E-state index is -0.584. The fourth-order valence-electron chi connectivity index (χ4n) is 1.78. The third kappa shape index (κ3) is 3.35. The van der Waals surface area contributed by atoms with Gasteiger partial charge < -0.3 is 11.1 Å². The number of rotatable bonds is 4. The maximum Gasteiger partial charge on any atom is 0.326 e. The summed E-state index contributed by atoms with van der Waals surface area (Å²) in [5.74, 6) is -0.584. The average Bonchev–Trinajstić information content (AvgIpc) is 2.48. The highest BCUT2D eigenvalue weighted by Gasteiger charge is 2.17. The molecule has 0 fully saturated rings. The molecule has 0 saturated carbocycles. The van der Waals surface area contributed by atoms with E-state index in [1.54, 1.807) is 0 Å². The van der Waals surface area contributed by atoms with Gasteiger partial charge in [-0.25, -0.2) is 4.79 Å². The van der Waals surface area contributed by atoms with Crippen molar-refractivity contribution in [2.45, 2.75) is 0 Å². The van der Waals surface area contributed by atoms with Gasteiger partial charge in [0.15, 0.2) is 0 Å². The molecule has 0 unspecified atom stereocenters. The highest BCUT2D eigenvalue weighted by atomic mass is 16.2. The molecular weight excluding hydrogens is 254 g/mol. The molecule has 20 heavy (non-hydrogen) atoms. The molecule has 0 spiro atoms. The van der Waals surface area contributed by atoms with Crippen molar-refractivity contribution in [1.82, 2.24) is 5.32 Å². The van der Waals surface area contributed by atoms with Crippen molar-refractivity contribution >= 4 is 23.3 Å². The van der Waals surface area contributed by atoms with E-state index in [1.807, 2.05) is 60.7 Å². The maximum atomic E-state index is 12.3. The van der Waals surface area contributed by atoms with Crippen molar-refractivity contribution in [2.75, 3.05) is 11.4 Å². The van der Waals surface area contributed by atoms with Crippen LogP contribution in [0.1, 0.15) is 0 Å². The van der Waals surface area contributed by atoms with Crippen molar-refractivity contribution in [1.29, 1.82) is 0 Å². The molecule has 0 aliphatic rings. The van der Waals surface area contributed by atoms with Crippen molar-refractivity contribution < 1.29 is 9.59 Å². The number of hydrogen-bond donors (Lipinski definition) is 2. The highest BCUT2D eigenvalue weighted by Crippen LogP contribution is 2.24. The van der Waals surface area contributed by atoms with E-state index in [2.05, 4.69) is 5.32 Å². The Balaban J connectivity index is 2.30. The summed E-state index contributed by atoms with van der Waals surface area (Å²) >= 11 is 0. The summed E-state index contributed by atoms with van der Waals surface area (Å²) in [6, 6.07) is 18.0. The monoisotopic (exact) mass is 269 g/mol. The van der Waals surface area contributed by atoms with Crippen LogP contribution in [0.5, 0.6) is 0 Å². The SMILES string of the molecule is NC(=O)CNC(=O)N(c1ccccc1)c1ccccc1. The van der Waals surface area contributed by atoms with Gasteiger partial charge in [0.1, 0.15) is 0 Å². The van der Waals surface area contributed by atoms with E-state index in [4.69, 9.17) is 5.73 Å². The van der Waals surface area contributed by atoms with Crippen LogP contribution in [0, 0.1) is 0 Å². The summed E-state index contributed by atoms with van der Waals surface area (Å²) in [5.41, 5.74) is 6.46. The number of nitrogens with zero attached hydrogens (tertiary/aromatic N) is 1. The Morgan fingerprint density at radius 3 is 1.75 bits per heavy atom. The standard InChI is InChI=1S/C15H15N3O2/c16-14(19)11-17-15(20)18(12-7-3-1-4-8-12)13-9-5-2-6-10-13/h1-10H,11H2,(H2,16,19)(H,17,20). The van der Waals surface area contributed by atoms with Crippen LogP contribution >= 0.6 is 0 Å². The predicted molar refractivity (Wildman–Crippen MR) is 77.6 cm³/mol. The number of primary amides is 1. The molecule has 5 nitrogen and oxygen atoms in total. The normalized spacial score (nSPS) is 9.80. The van der Waals surface area contributed by atoms with Crippen LogP contribution in [0.2, 0.25) is 0 Å². The molecule has 2 rings (SSSR count). The minimum Gasteiger partial charge on any atom is -0.368 e. The van der Waals surface area contributed by atoms with Crippen LogP contribution in [0.15, 0.2) is 60.7 Å². The molecule has 2 aromatic rings. The van der Waals surface area contributed by atoms with Gasteiger partial charge >= 0.3 is 6.03 Å². The number of hydrogen-bond acceptors (Lipinski definition) is 2. The first kappa shape index (κ1) is 13.6. The summed E-state index contributed by atoms with van der Waals surface area (Å²) in [4.78, 5) is 24.5. The Morgan fingerprint density at radius 1 is 0.900 bits per heavy atom. The Bertz CT molecular complexity index is 545. The summed E-state index contributed by atoms with van der Waals surface area (Å²) in [7, 11) is 0. The van der Waals surface area contributed by atoms with Gasteiger partial charge in [-0.3, -0.25) is 9.69 Å². The molecule has 0 aliphatic carbocycles. The van der Waals surface area contributed by atoms with Crippen molar-refractivity contribution in [3.05, 3.63) is 60.7 Å². The Labute approximate surface area is 117 Å². The van der Waals surface area contributed by atoms with Gasteiger partial charge in [-0.2, -0.15) is 0 Å². The second kappa shape index (κ2) is 6.38. The fourth-order valence-corrected chi connectivity index (χ4v) is 1.78. The van der Waals surface area contributed by atoms with Crippen LogP contribution in [-0.2, 0) is 4.79 Å². The average molecular weight is 269 g/mol. The Morgan fingerprint density at radius 2 is 1.35 bits per heavy atom. The summed E-state index contributed by atoms with van der Waals surface area (Å²) in [6.45, 7) is -0.199. The van der Waals surface area contributed by atoms with Gasteiger partial charge in [-0.05, 0) is 24.3 Å². The second-order valence-corrected chi connectivity index (χ2v) is 4.13. The Hall–Kier alpha value is -2.82. The maximum absolute atomic E-state index is 12.3. The van der Waals surface area contributed by atoms with E-state index >= 15 is 0 Å². The van der Waals surface area contributed by atoms with E-state index in [0.717, 1.165) is 0 Å². The number of amides is 3. The van der Waals surface area contributed by atoms with E-state index in [9.17, 15) is 9.59 Å². The van der Waals surface area contributed by atoms with Crippen LogP contribution in [0.3, 0.4) is 0 Å². The zero-order valence-corrected chi connectivity index (χ0v) is 10.8. The van der Waals surface area contributed by atoms with Crippen LogP contribution in [0.25, 0.3) is 0 Å². The molecule has 0 aromatic heterocycles. The molecule has 0 aliphatic heterocycles. The van der Waals surface area contributed by atoms with E-state index < -0.39 is 11.9 Å². The van der Waals surface area contributed by atoms with E-state index in [1.165, 1.54) is 4.90 Å². The van der Waals surface area contributed by atoms with Crippen molar-refractivity contribution in [3.8, 4) is 0 Å².